The van der Waals surface area contributed by atoms with E-state index in [0.29, 0.717) is 10.7 Å². The lowest BCUT2D eigenvalue weighted by Crippen LogP contribution is -2.31. The molecule has 0 bridgehead atoms. The number of halogens is 1. The first-order chi connectivity index (χ1) is 10.2. The highest BCUT2D eigenvalue weighted by Gasteiger charge is 2.22. The second-order valence-electron chi connectivity index (χ2n) is 5.39. The van der Waals surface area contributed by atoms with Crippen molar-refractivity contribution in [1.29, 1.82) is 5.26 Å². The van der Waals surface area contributed by atoms with Gasteiger partial charge in [0.2, 0.25) is 0 Å². The number of aromatic nitrogens is 1. The van der Waals surface area contributed by atoms with Gasteiger partial charge in [-0.05, 0) is 23.6 Å². The Morgan fingerprint density at radius 3 is 2.81 bits per heavy atom. The Morgan fingerprint density at radius 1 is 1.33 bits per heavy atom. The van der Waals surface area contributed by atoms with E-state index in [1.54, 1.807) is 0 Å². The van der Waals surface area contributed by atoms with Gasteiger partial charge in [0, 0.05) is 31.7 Å². The zero-order valence-corrected chi connectivity index (χ0v) is 12.7. The molecular formula is C17H16ClN3. The molecule has 3 rings (SSSR count). The Balaban J connectivity index is 1.87. The second-order valence-corrected chi connectivity index (χ2v) is 5.74. The zero-order valence-electron chi connectivity index (χ0n) is 11.9. The summed E-state index contributed by atoms with van der Waals surface area (Å²) in [6.07, 6.45) is 0.883. The van der Waals surface area contributed by atoms with E-state index < -0.39 is 0 Å². The van der Waals surface area contributed by atoms with E-state index in [1.165, 1.54) is 5.56 Å². The molecule has 1 aliphatic rings. The fourth-order valence-electron chi connectivity index (χ4n) is 2.85. The first-order valence-electron chi connectivity index (χ1n) is 7.03. The summed E-state index contributed by atoms with van der Waals surface area (Å²) in [6.45, 7) is 4.69. The van der Waals surface area contributed by atoms with Crippen LogP contribution in [0, 0.1) is 18.3 Å². The number of hydrogen-bond acceptors (Lipinski definition) is 3. The summed E-state index contributed by atoms with van der Waals surface area (Å²) in [5.74, 6) is 0. The van der Waals surface area contributed by atoms with E-state index in [4.69, 9.17) is 11.6 Å². The van der Waals surface area contributed by atoms with Gasteiger partial charge in [-0.3, -0.25) is 4.90 Å². The largest absolute Gasteiger partial charge is 0.294 e. The summed E-state index contributed by atoms with van der Waals surface area (Å²) in [6, 6.07) is 12.6. The molecule has 0 amide bonds. The van der Waals surface area contributed by atoms with Crippen LogP contribution in [0.1, 0.15) is 27.9 Å². The molecule has 21 heavy (non-hydrogen) atoms. The summed E-state index contributed by atoms with van der Waals surface area (Å²) in [5.41, 5.74) is 5.00. The molecule has 0 N–H and O–H groups in total. The third-order valence-corrected chi connectivity index (χ3v) is 4.30. The van der Waals surface area contributed by atoms with Gasteiger partial charge < -0.3 is 0 Å². The monoisotopic (exact) mass is 297 g/mol. The van der Waals surface area contributed by atoms with Gasteiger partial charge in [0.1, 0.15) is 11.2 Å². The fourth-order valence-corrected chi connectivity index (χ4v) is 3.14. The van der Waals surface area contributed by atoms with Crippen molar-refractivity contribution in [2.45, 2.75) is 26.4 Å². The van der Waals surface area contributed by atoms with Gasteiger partial charge in [-0.25, -0.2) is 4.98 Å². The SMILES string of the molecule is Cc1c(C#N)c(Cl)nc2c1CN(Cc1ccccc1)CC2. The van der Waals surface area contributed by atoms with E-state index >= 15 is 0 Å². The van der Waals surface area contributed by atoms with Gasteiger partial charge in [0.15, 0.2) is 0 Å². The van der Waals surface area contributed by atoms with Gasteiger partial charge in [-0.2, -0.15) is 5.26 Å². The minimum atomic E-state index is 0.338. The number of benzene rings is 1. The lowest BCUT2D eigenvalue weighted by molar-refractivity contribution is 0.242. The van der Waals surface area contributed by atoms with Crippen LogP contribution in [0.5, 0.6) is 0 Å². The molecular weight excluding hydrogens is 282 g/mol. The molecule has 1 aromatic heterocycles. The van der Waals surface area contributed by atoms with Crippen LogP contribution in [-0.4, -0.2) is 16.4 Å². The Bertz CT molecular complexity index is 704. The molecule has 0 saturated heterocycles. The Labute approximate surface area is 129 Å². The molecule has 2 heterocycles. The summed E-state index contributed by atoms with van der Waals surface area (Å²) >= 11 is 6.09. The van der Waals surface area contributed by atoms with Crippen molar-refractivity contribution < 1.29 is 0 Å². The van der Waals surface area contributed by atoms with Crippen molar-refractivity contribution in [3.8, 4) is 6.07 Å². The van der Waals surface area contributed by atoms with Crippen LogP contribution in [-0.2, 0) is 19.5 Å². The number of pyridine rings is 1. The van der Waals surface area contributed by atoms with Crippen molar-refractivity contribution in [2.24, 2.45) is 0 Å². The molecule has 0 saturated carbocycles. The van der Waals surface area contributed by atoms with Crippen LogP contribution in [0.25, 0.3) is 0 Å². The molecule has 0 aliphatic carbocycles. The van der Waals surface area contributed by atoms with Crippen LogP contribution >= 0.6 is 11.6 Å². The number of rotatable bonds is 2. The van der Waals surface area contributed by atoms with Crippen LogP contribution in [0.2, 0.25) is 5.15 Å². The summed E-state index contributed by atoms with van der Waals surface area (Å²) in [4.78, 5) is 6.79. The Hall–Kier alpha value is -1.89. The molecule has 3 nitrogen and oxygen atoms in total. The number of hydrogen-bond donors (Lipinski definition) is 0. The van der Waals surface area contributed by atoms with Crippen molar-refractivity contribution in [3.63, 3.8) is 0 Å². The van der Waals surface area contributed by atoms with E-state index in [-0.39, 0.29) is 0 Å². The van der Waals surface area contributed by atoms with E-state index in [0.717, 1.165) is 42.9 Å². The topological polar surface area (TPSA) is 39.9 Å². The average Bonchev–Trinajstić information content (AvgIpc) is 2.49. The molecule has 1 aromatic carbocycles. The highest BCUT2D eigenvalue weighted by atomic mass is 35.5. The van der Waals surface area contributed by atoms with E-state index in [1.807, 2.05) is 13.0 Å². The minimum absolute atomic E-state index is 0.338. The van der Waals surface area contributed by atoms with Crippen molar-refractivity contribution in [2.75, 3.05) is 6.54 Å². The number of nitrogens with zero attached hydrogens (tertiary/aromatic N) is 3. The molecule has 1 aliphatic heterocycles. The minimum Gasteiger partial charge on any atom is -0.294 e. The normalized spacial score (nSPS) is 14.5. The maximum atomic E-state index is 9.21. The molecule has 2 aromatic rings. The van der Waals surface area contributed by atoms with Crippen molar-refractivity contribution >= 4 is 11.6 Å². The van der Waals surface area contributed by atoms with Crippen molar-refractivity contribution in [3.05, 3.63) is 63.4 Å². The van der Waals surface area contributed by atoms with Gasteiger partial charge in [-0.15, -0.1) is 0 Å². The van der Waals surface area contributed by atoms with Crippen LogP contribution in [0.4, 0.5) is 0 Å². The second kappa shape index (κ2) is 5.85. The van der Waals surface area contributed by atoms with Gasteiger partial charge in [0.05, 0.1) is 5.56 Å². The fraction of sp³-hybridized carbons (Fsp3) is 0.294. The summed E-state index contributed by atoms with van der Waals surface area (Å²) in [7, 11) is 0. The Morgan fingerprint density at radius 2 is 2.10 bits per heavy atom. The molecule has 106 valence electrons. The molecule has 0 radical (unpaired) electrons. The average molecular weight is 298 g/mol. The summed E-state index contributed by atoms with van der Waals surface area (Å²) in [5, 5.41) is 9.55. The molecule has 0 fully saturated rings. The van der Waals surface area contributed by atoms with Crippen LogP contribution in [0.3, 0.4) is 0 Å². The first-order valence-corrected chi connectivity index (χ1v) is 7.41. The van der Waals surface area contributed by atoms with Gasteiger partial charge >= 0.3 is 0 Å². The smallest absolute Gasteiger partial charge is 0.147 e. The van der Waals surface area contributed by atoms with E-state index in [2.05, 4.69) is 40.2 Å². The number of nitriles is 1. The van der Waals surface area contributed by atoms with Gasteiger partial charge in [-0.1, -0.05) is 41.9 Å². The van der Waals surface area contributed by atoms with Crippen LogP contribution < -0.4 is 0 Å². The highest BCUT2D eigenvalue weighted by molar-refractivity contribution is 6.30. The molecule has 0 spiro atoms. The van der Waals surface area contributed by atoms with Crippen molar-refractivity contribution in [1.82, 2.24) is 9.88 Å². The predicted molar refractivity (Wildman–Crippen MR) is 83.0 cm³/mol. The highest BCUT2D eigenvalue weighted by Crippen LogP contribution is 2.28. The van der Waals surface area contributed by atoms with Crippen LogP contribution in [0.15, 0.2) is 30.3 Å². The zero-order chi connectivity index (χ0) is 14.8. The molecule has 0 unspecified atom stereocenters. The molecule has 4 heteroatoms. The third-order valence-electron chi connectivity index (χ3n) is 4.02. The summed E-state index contributed by atoms with van der Waals surface area (Å²) < 4.78 is 0. The standard InChI is InChI=1S/C17H16ClN3/c1-12-14(9-19)17(18)20-16-7-8-21(11-15(12)16)10-13-5-3-2-4-6-13/h2-6H,7-8,10-11H2,1H3. The maximum absolute atomic E-state index is 9.21. The van der Waals surface area contributed by atoms with E-state index in [9.17, 15) is 5.26 Å². The quantitative estimate of drug-likeness (QED) is 0.797. The molecule has 0 atom stereocenters. The first kappa shape index (κ1) is 14.1. The lowest BCUT2D eigenvalue weighted by Gasteiger charge is -2.29. The van der Waals surface area contributed by atoms with Gasteiger partial charge in [0.25, 0.3) is 0 Å². The third kappa shape index (κ3) is 2.78. The number of fused-ring (bicyclic) bond motifs is 1. The maximum Gasteiger partial charge on any atom is 0.147 e. The predicted octanol–water partition coefficient (Wildman–Crippen LogP) is 3.47. The Kier molecular flexibility index (Phi) is 3.92. The lowest BCUT2D eigenvalue weighted by atomic mass is 9.97.